The van der Waals surface area contributed by atoms with Crippen molar-refractivity contribution in [2.45, 2.75) is 56.6 Å². The lowest BCUT2D eigenvalue weighted by molar-refractivity contribution is -0.352. The summed E-state index contributed by atoms with van der Waals surface area (Å²) in [5, 5.41) is 0. The highest BCUT2D eigenvalue weighted by Gasteiger charge is 2.54. The Morgan fingerprint density at radius 1 is 1.07 bits per heavy atom. The lowest BCUT2D eigenvalue weighted by Gasteiger charge is -2.54. The van der Waals surface area contributed by atoms with Crippen LogP contribution in [0.25, 0.3) is 0 Å². The van der Waals surface area contributed by atoms with Crippen LogP contribution in [0.4, 0.5) is 0 Å². The Hall–Kier alpha value is -1.98. The van der Waals surface area contributed by atoms with Gasteiger partial charge in [0.1, 0.15) is 11.2 Å². The number of fused-ring (bicyclic) bond motifs is 1. The zero-order chi connectivity index (χ0) is 19.6. The van der Waals surface area contributed by atoms with Crippen molar-refractivity contribution >= 4 is 0 Å². The molecule has 28 heavy (non-hydrogen) atoms. The minimum absolute atomic E-state index is 0.125. The SMILES string of the molecule is C=C[C@]1(C)O[C@]2(C)CO[C@@H](c3ccccc3)O[C@H]2C[C@H]1OCc1ccccc1. The molecule has 0 aromatic heterocycles. The van der Waals surface area contributed by atoms with Gasteiger partial charge in [-0.3, -0.25) is 0 Å². The fourth-order valence-electron chi connectivity index (χ4n) is 4.03. The zero-order valence-corrected chi connectivity index (χ0v) is 16.5. The average Bonchev–Trinajstić information content (AvgIpc) is 2.73. The minimum atomic E-state index is -0.605. The zero-order valence-electron chi connectivity index (χ0n) is 16.5. The van der Waals surface area contributed by atoms with Crippen molar-refractivity contribution < 1.29 is 18.9 Å². The van der Waals surface area contributed by atoms with Crippen LogP contribution >= 0.6 is 0 Å². The summed E-state index contributed by atoms with van der Waals surface area (Å²) < 4.78 is 25.2. The van der Waals surface area contributed by atoms with Crippen LogP contribution in [0.15, 0.2) is 73.3 Å². The maximum atomic E-state index is 6.51. The van der Waals surface area contributed by atoms with Crippen LogP contribution in [0.5, 0.6) is 0 Å². The van der Waals surface area contributed by atoms with Gasteiger partial charge in [0.05, 0.1) is 25.4 Å². The van der Waals surface area contributed by atoms with Gasteiger partial charge in [-0.05, 0) is 19.4 Å². The van der Waals surface area contributed by atoms with E-state index >= 15 is 0 Å². The molecule has 4 nitrogen and oxygen atoms in total. The third kappa shape index (κ3) is 3.78. The van der Waals surface area contributed by atoms with E-state index in [9.17, 15) is 0 Å². The van der Waals surface area contributed by atoms with Gasteiger partial charge in [0.15, 0.2) is 6.29 Å². The first-order valence-electron chi connectivity index (χ1n) is 9.84. The normalized spacial score (nSPS) is 35.1. The van der Waals surface area contributed by atoms with Crippen molar-refractivity contribution in [3.05, 3.63) is 84.4 Å². The molecular weight excluding hydrogens is 352 g/mol. The van der Waals surface area contributed by atoms with Crippen LogP contribution in [0, 0.1) is 0 Å². The van der Waals surface area contributed by atoms with Crippen LogP contribution in [0.2, 0.25) is 0 Å². The molecule has 0 N–H and O–H groups in total. The summed E-state index contributed by atoms with van der Waals surface area (Å²) in [6.07, 6.45) is 1.90. The molecule has 148 valence electrons. The highest BCUT2D eigenvalue weighted by atomic mass is 16.7. The number of benzene rings is 2. The highest BCUT2D eigenvalue weighted by molar-refractivity contribution is 5.18. The Bertz CT molecular complexity index is 793. The van der Waals surface area contributed by atoms with Gasteiger partial charge >= 0.3 is 0 Å². The molecule has 2 saturated heterocycles. The largest absolute Gasteiger partial charge is 0.370 e. The van der Waals surface area contributed by atoms with Crippen LogP contribution in [-0.2, 0) is 25.6 Å². The molecule has 0 amide bonds. The number of ether oxygens (including phenoxy) is 4. The topological polar surface area (TPSA) is 36.9 Å². The Morgan fingerprint density at radius 2 is 1.75 bits per heavy atom. The second-order valence-corrected chi connectivity index (χ2v) is 8.00. The van der Waals surface area contributed by atoms with Gasteiger partial charge in [0.25, 0.3) is 0 Å². The maximum absolute atomic E-state index is 6.51. The lowest BCUT2D eigenvalue weighted by Crippen LogP contribution is -2.64. The molecule has 0 unspecified atom stereocenters. The van der Waals surface area contributed by atoms with Crippen LogP contribution in [0.3, 0.4) is 0 Å². The van der Waals surface area contributed by atoms with E-state index in [2.05, 4.69) is 18.7 Å². The number of hydrogen-bond donors (Lipinski definition) is 0. The average molecular weight is 380 g/mol. The van der Waals surface area contributed by atoms with Gasteiger partial charge in [-0.2, -0.15) is 0 Å². The van der Waals surface area contributed by atoms with E-state index in [4.69, 9.17) is 18.9 Å². The van der Waals surface area contributed by atoms with Crippen molar-refractivity contribution in [1.82, 2.24) is 0 Å². The predicted molar refractivity (Wildman–Crippen MR) is 108 cm³/mol. The van der Waals surface area contributed by atoms with Crippen molar-refractivity contribution in [2.75, 3.05) is 6.61 Å². The first-order valence-corrected chi connectivity index (χ1v) is 9.84. The smallest absolute Gasteiger partial charge is 0.184 e. The van der Waals surface area contributed by atoms with Crippen LogP contribution < -0.4 is 0 Å². The van der Waals surface area contributed by atoms with Gasteiger partial charge in [0.2, 0.25) is 0 Å². The molecule has 0 saturated carbocycles. The summed E-state index contributed by atoms with van der Waals surface area (Å²) in [6.45, 7) is 9.08. The maximum Gasteiger partial charge on any atom is 0.184 e. The van der Waals surface area contributed by atoms with Crippen LogP contribution in [-0.4, -0.2) is 30.0 Å². The Morgan fingerprint density at radius 3 is 2.43 bits per heavy atom. The van der Waals surface area contributed by atoms with Crippen molar-refractivity contribution in [1.29, 1.82) is 0 Å². The molecule has 4 rings (SSSR count). The van der Waals surface area contributed by atoms with Crippen LogP contribution in [0.1, 0.15) is 37.7 Å². The van der Waals surface area contributed by atoms with Gasteiger partial charge < -0.3 is 18.9 Å². The molecule has 0 spiro atoms. The molecule has 0 aliphatic carbocycles. The number of hydrogen-bond acceptors (Lipinski definition) is 4. The molecule has 0 bridgehead atoms. The highest BCUT2D eigenvalue weighted by Crippen LogP contribution is 2.44. The fraction of sp³-hybridized carbons (Fsp3) is 0.417. The summed E-state index contributed by atoms with van der Waals surface area (Å²) in [5.74, 6) is 0. The molecule has 2 aliphatic heterocycles. The second-order valence-electron chi connectivity index (χ2n) is 8.00. The van der Waals surface area contributed by atoms with Crippen molar-refractivity contribution in [3.8, 4) is 0 Å². The summed E-state index contributed by atoms with van der Waals surface area (Å²) in [6, 6.07) is 20.2. The van der Waals surface area contributed by atoms with E-state index < -0.39 is 11.2 Å². The molecule has 2 aliphatic rings. The van der Waals surface area contributed by atoms with Crippen molar-refractivity contribution in [3.63, 3.8) is 0 Å². The molecular formula is C24H28O4. The molecule has 2 heterocycles. The molecule has 2 aromatic rings. The first-order chi connectivity index (χ1) is 13.5. The van der Waals surface area contributed by atoms with E-state index in [0.29, 0.717) is 13.2 Å². The van der Waals surface area contributed by atoms with E-state index in [1.54, 1.807) is 0 Å². The third-order valence-electron chi connectivity index (χ3n) is 5.78. The summed E-state index contributed by atoms with van der Waals surface area (Å²) in [5.41, 5.74) is 1.01. The van der Waals surface area contributed by atoms with E-state index in [1.165, 1.54) is 0 Å². The minimum Gasteiger partial charge on any atom is -0.370 e. The number of rotatable bonds is 5. The summed E-state index contributed by atoms with van der Waals surface area (Å²) >= 11 is 0. The van der Waals surface area contributed by atoms with Gasteiger partial charge in [-0.1, -0.05) is 66.7 Å². The van der Waals surface area contributed by atoms with E-state index in [1.807, 2.05) is 68.5 Å². The van der Waals surface area contributed by atoms with Crippen molar-refractivity contribution in [2.24, 2.45) is 0 Å². The first kappa shape index (κ1) is 19.3. The monoisotopic (exact) mass is 380 g/mol. The Labute approximate surface area is 167 Å². The lowest BCUT2D eigenvalue weighted by atomic mass is 9.82. The summed E-state index contributed by atoms with van der Waals surface area (Å²) in [7, 11) is 0. The standard InChI is InChI=1S/C24H28O4/c1-4-23(2)20(25-16-18-11-7-5-8-12-18)15-21-24(3,28-23)17-26-22(27-21)19-13-9-6-10-14-19/h4-14,20-22H,1,15-17H2,2-3H3/t20-,21+,22-,23+,24-/m1/s1. The van der Waals surface area contributed by atoms with Gasteiger partial charge in [-0.25, -0.2) is 0 Å². The molecule has 4 heteroatoms. The molecule has 2 aromatic carbocycles. The quantitative estimate of drug-likeness (QED) is 0.698. The second kappa shape index (κ2) is 7.80. The molecule has 5 atom stereocenters. The molecule has 0 radical (unpaired) electrons. The molecule has 2 fully saturated rings. The summed E-state index contributed by atoms with van der Waals surface area (Å²) in [4.78, 5) is 0. The van der Waals surface area contributed by atoms with Gasteiger partial charge in [0, 0.05) is 12.0 Å². The fourth-order valence-corrected chi connectivity index (χ4v) is 4.03. The third-order valence-corrected chi connectivity index (χ3v) is 5.78. The predicted octanol–water partition coefficient (Wildman–Crippen LogP) is 4.81. The van der Waals surface area contributed by atoms with Gasteiger partial charge in [-0.15, -0.1) is 6.58 Å². The van der Waals surface area contributed by atoms with E-state index in [-0.39, 0.29) is 18.5 Å². The van der Waals surface area contributed by atoms with E-state index in [0.717, 1.165) is 17.5 Å². The Kier molecular flexibility index (Phi) is 5.39. The Balaban J connectivity index is 1.51.